The molecule has 0 aliphatic heterocycles. The van der Waals surface area contributed by atoms with E-state index in [0.29, 0.717) is 22.5 Å². The second kappa shape index (κ2) is 14.0. The average molecular weight is 645 g/mol. The first-order valence-electron chi connectivity index (χ1n) is 13.4. The monoisotopic (exact) mass is 643 g/mol. The van der Waals surface area contributed by atoms with Gasteiger partial charge in [-0.1, -0.05) is 55.8 Å². The molecule has 8 nitrogen and oxygen atoms in total. The van der Waals surface area contributed by atoms with Gasteiger partial charge in [-0.15, -0.1) is 0 Å². The second-order valence-electron chi connectivity index (χ2n) is 10.4. The molecule has 0 bridgehead atoms. The van der Waals surface area contributed by atoms with Crippen molar-refractivity contribution in [3.63, 3.8) is 0 Å². The molecular formula is C31H38BrN3O5S. The molecule has 3 aromatic rings. The minimum atomic E-state index is -4.19. The van der Waals surface area contributed by atoms with E-state index in [1.807, 2.05) is 52.0 Å². The van der Waals surface area contributed by atoms with Crippen molar-refractivity contribution in [2.45, 2.75) is 52.1 Å². The molecule has 2 amide bonds. The summed E-state index contributed by atoms with van der Waals surface area (Å²) in [7, 11) is -2.70. The largest absolute Gasteiger partial charge is 0.496 e. The molecule has 0 saturated heterocycles. The van der Waals surface area contributed by atoms with Crippen LogP contribution in [0.15, 0.2) is 76.1 Å². The van der Waals surface area contributed by atoms with Gasteiger partial charge in [0.25, 0.3) is 10.0 Å². The van der Waals surface area contributed by atoms with E-state index in [4.69, 9.17) is 4.74 Å². The van der Waals surface area contributed by atoms with Crippen molar-refractivity contribution in [3.8, 4) is 5.75 Å². The summed E-state index contributed by atoms with van der Waals surface area (Å²) in [6.45, 7) is 9.59. The van der Waals surface area contributed by atoms with E-state index in [0.717, 1.165) is 21.0 Å². The van der Waals surface area contributed by atoms with Crippen molar-refractivity contribution in [1.82, 2.24) is 10.2 Å². The van der Waals surface area contributed by atoms with E-state index in [1.165, 1.54) is 24.1 Å². The number of ether oxygens (including phenoxy) is 1. The third kappa shape index (κ3) is 8.10. The highest BCUT2D eigenvalue weighted by Gasteiger charge is 2.33. The number of hydrogen-bond donors (Lipinski definition) is 1. The van der Waals surface area contributed by atoms with Gasteiger partial charge in [0.2, 0.25) is 11.8 Å². The number of sulfonamides is 1. The van der Waals surface area contributed by atoms with Gasteiger partial charge in [0.1, 0.15) is 18.3 Å². The van der Waals surface area contributed by atoms with Gasteiger partial charge in [0, 0.05) is 13.1 Å². The Kier molecular flexibility index (Phi) is 11.0. The van der Waals surface area contributed by atoms with Gasteiger partial charge < -0.3 is 15.0 Å². The molecule has 0 radical (unpaired) electrons. The molecule has 3 aromatic carbocycles. The van der Waals surface area contributed by atoms with Gasteiger partial charge in [0.15, 0.2) is 0 Å². The van der Waals surface area contributed by atoms with Crippen LogP contribution in [-0.2, 0) is 26.2 Å². The number of carbonyl (C=O) groups is 2. The number of nitrogens with zero attached hydrogens (tertiary/aromatic N) is 2. The first kappa shape index (κ1) is 32.1. The van der Waals surface area contributed by atoms with E-state index >= 15 is 0 Å². The summed E-state index contributed by atoms with van der Waals surface area (Å²) in [5.74, 6) is -0.0909. The molecule has 0 heterocycles. The summed E-state index contributed by atoms with van der Waals surface area (Å²) in [5, 5.41) is 2.90. The molecule has 10 heteroatoms. The maximum Gasteiger partial charge on any atom is 0.264 e. The molecule has 220 valence electrons. The van der Waals surface area contributed by atoms with Crippen LogP contribution in [0.5, 0.6) is 5.75 Å². The standard InChI is InChI=1S/C31H38BrN3O5S/c1-21(2)18-33-31(37)24(5)34(19-25-10-8-7-9-23(25)4)30(36)20-35(26-13-11-22(3)12-14-26)41(38,39)27-15-16-29(40-6)28(32)17-27/h7-17,21,24H,18-20H2,1-6H3,(H,33,37)/t24-/m1/s1. The summed E-state index contributed by atoms with van der Waals surface area (Å²) in [5.41, 5.74) is 3.12. The Balaban J connectivity index is 2.04. The quantitative estimate of drug-likeness (QED) is 0.283. The molecule has 0 aliphatic rings. The third-order valence-corrected chi connectivity index (χ3v) is 9.16. The molecule has 0 fully saturated rings. The van der Waals surface area contributed by atoms with Gasteiger partial charge in [-0.05, 0) is 84.1 Å². The summed E-state index contributed by atoms with van der Waals surface area (Å²) < 4.78 is 34.9. The second-order valence-corrected chi connectivity index (χ2v) is 13.1. The van der Waals surface area contributed by atoms with Crippen LogP contribution in [-0.4, -0.2) is 51.4 Å². The highest BCUT2D eigenvalue weighted by Crippen LogP contribution is 2.31. The number of rotatable bonds is 12. The fraction of sp³-hybridized carbons (Fsp3) is 0.355. The van der Waals surface area contributed by atoms with Crippen LogP contribution in [0.25, 0.3) is 0 Å². The zero-order valence-electron chi connectivity index (χ0n) is 24.3. The maximum atomic E-state index is 14.0. The van der Waals surface area contributed by atoms with E-state index < -0.39 is 28.5 Å². The highest BCUT2D eigenvalue weighted by atomic mass is 79.9. The Morgan fingerprint density at radius 3 is 2.22 bits per heavy atom. The Morgan fingerprint density at radius 2 is 1.63 bits per heavy atom. The predicted octanol–water partition coefficient (Wildman–Crippen LogP) is 5.46. The summed E-state index contributed by atoms with van der Waals surface area (Å²) >= 11 is 3.36. The van der Waals surface area contributed by atoms with Gasteiger partial charge in [-0.2, -0.15) is 0 Å². The van der Waals surface area contributed by atoms with Crippen molar-refractivity contribution in [2.75, 3.05) is 24.5 Å². The van der Waals surface area contributed by atoms with Crippen LogP contribution in [0.3, 0.4) is 0 Å². The van der Waals surface area contributed by atoms with Crippen molar-refractivity contribution in [2.24, 2.45) is 5.92 Å². The molecule has 0 saturated carbocycles. The van der Waals surface area contributed by atoms with E-state index in [2.05, 4.69) is 21.2 Å². The SMILES string of the molecule is COc1ccc(S(=O)(=O)N(CC(=O)N(Cc2ccccc2C)[C@H](C)C(=O)NCC(C)C)c2ccc(C)cc2)cc1Br. The first-order chi connectivity index (χ1) is 19.3. The molecule has 3 rings (SSSR count). The predicted molar refractivity (Wildman–Crippen MR) is 165 cm³/mol. The lowest BCUT2D eigenvalue weighted by Crippen LogP contribution is -2.51. The minimum absolute atomic E-state index is 0.00766. The van der Waals surface area contributed by atoms with Crippen LogP contribution in [0, 0.1) is 19.8 Å². The smallest absolute Gasteiger partial charge is 0.264 e. The molecule has 0 spiro atoms. The number of amides is 2. The van der Waals surface area contributed by atoms with Gasteiger partial charge in [-0.3, -0.25) is 13.9 Å². The van der Waals surface area contributed by atoms with Gasteiger partial charge >= 0.3 is 0 Å². The Morgan fingerprint density at radius 1 is 0.976 bits per heavy atom. The van der Waals surface area contributed by atoms with E-state index in [-0.39, 0.29) is 23.3 Å². The van der Waals surface area contributed by atoms with Crippen LogP contribution in [0.2, 0.25) is 0 Å². The summed E-state index contributed by atoms with van der Waals surface area (Å²) in [6.07, 6.45) is 0. The zero-order valence-corrected chi connectivity index (χ0v) is 26.8. The molecule has 0 aliphatic carbocycles. The molecule has 41 heavy (non-hydrogen) atoms. The number of hydrogen-bond acceptors (Lipinski definition) is 5. The van der Waals surface area contributed by atoms with Gasteiger partial charge in [0.05, 0.1) is 22.2 Å². The average Bonchev–Trinajstić information content (AvgIpc) is 2.94. The lowest BCUT2D eigenvalue weighted by atomic mass is 10.1. The topological polar surface area (TPSA) is 96.0 Å². The van der Waals surface area contributed by atoms with Gasteiger partial charge in [-0.25, -0.2) is 8.42 Å². The highest BCUT2D eigenvalue weighted by molar-refractivity contribution is 9.10. The Hall–Kier alpha value is -3.37. The number of halogens is 1. The fourth-order valence-electron chi connectivity index (χ4n) is 4.18. The van der Waals surface area contributed by atoms with Crippen LogP contribution < -0.4 is 14.4 Å². The lowest BCUT2D eigenvalue weighted by molar-refractivity contribution is -0.139. The third-order valence-electron chi connectivity index (χ3n) is 6.77. The molecule has 0 unspecified atom stereocenters. The van der Waals surface area contributed by atoms with Crippen LogP contribution in [0.1, 0.15) is 37.5 Å². The van der Waals surface area contributed by atoms with Crippen molar-refractivity contribution in [3.05, 3.63) is 87.9 Å². The van der Waals surface area contributed by atoms with E-state index in [1.54, 1.807) is 37.3 Å². The molecule has 1 N–H and O–H groups in total. The van der Waals surface area contributed by atoms with Crippen molar-refractivity contribution in [1.29, 1.82) is 0 Å². The van der Waals surface area contributed by atoms with E-state index in [9.17, 15) is 18.0 Å². The Bertz CT molecular complexity index is 1480. The zero-order chi connectivity index (χ0) is 30.3. The molecular weight excluding hydrogens is 606 g/mol. The lowest BCUT2D eigenvalue weighted by Gasteiger charge is -2.32. The number of aryl methyl sites for hydroxylation is 2. The number of methoxy groups -OCH3 is 1. The van der Waals surface area contributed by atoms with Crippen LogP contribution >= 0.6 is 15.9 Å². The number of nitrogens with one attached hydrogen (secondary N) is 1. The van der Waals surface area contributed by atoms with Crippen LogP contribution in [0.4, 0.5) is 5.69 Å². The first-order valence-corrected chi connectivity index (χ1v) is 15.6. The fourth-order valence-corrected chi connectivity index (χ4v) is 6.31. The summed E-state index contributed by atoms with van der Waals surface area (Å²) in [6, 6.07) is 18.2. The minimum Gasteiger partial charge on any atom is -0.496 e. The normalized spacial score (nSPS) is 12.1. The Labute approximate surface area is 251 Å². The summed E-state index contributed by atoms with van der Waals surface area (Å²) in [4.78, 5) is 28.6. The number of benzene rings is 3. The molecule has 0 aromatic heterocycles. The van der Waals surface area contributed by atoms with Crippen molar-refractivity contribution < 1.29 is 22.7 Å². The maximum absolute atomic E-state index is 14.0. The van der Waals surface area contributed by atoms with Crippen molar-refractivity contribution >= 4 is 43.5 Å². The number of carbonyl (C=O) groups excluding carboxylic acids is 2. The molecule has 1 atom stereocenters. The number of anilines is 1.